The van der Waals surface area contributed by atoms with Crippen molar-refractivity contribution in [3.05, 3.63) is 66.3 Å². The van der Waals surface area contributed by atoms with Gasteiger partial charge in [0, 0.05) is 49.7 Å². The average Bonchev–Trinajstić information content (AvgIpc) is 3.43. The zero-order chi connectivity index (χ0) is 25.7. The smallest absolute Gasteiger partial charge is 0.408 e. The fourth-order valence-electron chi connectivity index (χ4n) is 3.84. The second kappa shape index (κ2) is 10.6. The van der Waals surface area contributed by atoms with Crippen LogP contribution in [0.3, 0.4) is 0 Å². The number of hydrogen-bond acceptors (Lipinski definition) is 7. The van der Waals surface area contributed by atoms with E-state index in [1.807, 2.05) is 48.1 Å². The molecule has 0 saturated heterocycles. The summed E-state index contributed by atoms with van der Waals surface area (Å²) in [6.07, 6.45) is 3.61. The summed E-state index contributed by atoms with van der Waals surface area (Å²) < 4.78 is 12.7. The van der Waals surface area contributed by atoms with Crippen molar-refractivity contribution in [3.63, 3.8) is 0 Å². The Morgan fingerprint density at radius 2 is 1.92 bits per heavy atom. The molecule has 10 heteroatoms. The number of nitrogens with one attached hydrogen (secondary N) is 2. The van der Waals surface area contributed by atoms with Gasteiger partial charge in [-0.15, -0.1) is 0 Å². The van der Waals surface area contributed by atoms with Crippen LogP contribution < -0.4 is 10.6 Å². The number of benzene rings is 1. The van der Waals surface area contributed by atoms with E-state index in [0.717, 1.165) is 16.5 Å². The fourth-order valence-corrected chi connectivity index (χ4v) is 3.84. The van der Waals surface area contributed by atoms with E-state index in [-0.39, 0.29) is 12.5 Å². The van der Waals surface area contributed by atoms with Gasteiger partial charge in [-0.05, 0) is 44.5 Å². The molecule has 0 bridgehead atoms. The summed E-state index contributed by atoms with van der Waals surface area (Å²) in [7, 11) is 1.95. The van der Waals surface area contributed by atoms with Crippen molar-refractivity contribution >= 4 is 22.9 Å². The summed E-state index contributed by atoms with van der Waals surface area (Å²) in [5.41, 5.74) is 1.91. The second-order valence-electron chi connectivity index (χ2n) is 9.45. The highest BCUT2D eigenvalue weighted by Gasteiger charge is 2.26. The van der Waals surface area contributed by atoms with Gasteiger partial charge in [-0.1, -0.05) is 29.4 Å². The van der Waals surface area contributed by atoms with Crippen LogP contribution in [0.15, 0.2) is 59.4 Å². The quantitative estimate of drug-likeness (QED) is 0.388. The van der Waals surface area contributed by atoms with E-state index in [0.29, 0.717) is 30.3 Å². The van der Waals surface area contributed by atoms with E-state index < -0.39 is 17.7 Å². The van der Waals surface area contributed by atoms with Gasteiger partial charge in [0.15, 0.2) is 0 Å². The topological polar surface area (TPSA) is 124 Å². The molecule has 4 rings (SSSR count). The Morgan fingerprint density at radius 3 is 2.67 bits per heavy atom. The minimum atomic E-state index is -0.836. The zero-order valence-electron chi connectivity index (χ0n) is 20.8. The lowest BCUT2D eigenvalue weighted by molar-refractivity contribution is -0.123. The van der Waals surface area contributed by atoms with Crippen LogP contribution in [0.4, 0.5) is 4.79 Å². The Morgan fingerprint density at radius 1 is 1.14 bits per heavy atom. The molecule has 3 aromatic heterocycles. The number of para-hydroxylation sites is 1. The Bertz CT molecular complexity index is 1340. The van der Waals surface area contributed by atoms with Crippen molar-refractivity contribution in [3.8, 4) is 11.5 Å². The Hall–Kier alpha value is -4.21. The predicted molar refractivity (Wildman–Crippen MR) is 134 cm³/mol. The van der Waals surface area contributed by atoms with Crippen LogP contribution in [-0.4, -0.2) is 49.9 Å². The van der Waals surface area contributed by atoms with Gasteiger partial charge in [0.1, 0.15) is 17.3 Å². The SMILES string of the molecule is Cn1cc(C[C@@H](NC(=O)OC(C)(C)C)C(=O)NCCc2nc(-c3ccccn3)no2)c2ccccc21. The standard InChI is InChI=1S/C26H30N6O4/c1-26(2,3)35-25(34)29-20(15-17-16-32(4)21-11-6-5-9-18(17)21)24(33)28-14-12-22-30-23(31-36-22)19-10-7-8-13-27-19/h5-11,13,16,20H,12,14-15H2,1-4H3,(H,28,33)(H,29,34)/t20-/m1/s1. The fraction of sp³-hybridized carbons (Fsp3) is 0.346. The van der Waals surface area contributed by atoms with Crippen LogP contribution in [0.5, 0.6) is 0 Å². The maximum absolute atomic E-state index is 13.1. The van der Waals surface area contributed by atoms with Gasteiger partial charge in [0.2, 0.25) is 17.6 Å². The van der Waals surface area contributed by atoms with E-state index in [4.69, 9.17) is 9.26 Å². The van der Waals surface area contributed by atoms with Crippen molar-refractivity contribution in [2.24, 2.45) is 7.05 Å². The number of carbonyl (C=O) groups excluding carboxylic acids is 2. The minimum absolute atomic E-state index is 0.255. The molecule has 2 amide bonds. The first-order valence-electron chi connectivity index (χ1n) is 11.7. The molecule has 0 saturated carbocycles. The number of ether oxygens (including phenoxy) is 1. The molecule has 10 nitrogen and oxygen atoms in total. The van der Waals surface area contributed by atoms with Crippen LogP contribution in [0.2, 0.25) is 0 Å². The predicted octanol–water partition coefficient (Wildman–Crippen LogP) is 3.42. The first-order valence-corrected chi connectivity index (χ1v) is 11.7. The third kappa shape index (κ3) is 6.26. The first kappa shape index (κ1) is 24.9. The van der Waals surface area contributed by atoms with Gasteiger partial charge in [0.05, 0.1) is 0 Å². The summed E-state index contributed by atoms with van der Waals surface area (Å²) in [5.74, 6) is 0.428. The number of carbonyl (C=O) groups is 2. The highest BCUT2D eigenvalue weighted by atomic mass is 16.6. The molecule has 4 aromatic rings. The number of alkyl carbamates (subject to hydrolysis) is 1. The van der Waals surface area contributed by atoms with Gasteiger partial charge >= 0.3 is 6.09 Å². The van der Waals surface area contributed by atoms with Crippen molar-refractivity contribution in [1.82, 2.24) is 30.3 Å². The maximum Gasteiger partial charge on any atom is 0.408 e. The molecular weight excluding hydrogens is 460 g/mol. The number of hydrogen-bond donors (Lipinski definition) is 2. The molecule has 1 atom stereocenters. The number of amides is 2. The van der Waals surface area contributed by atoms with Crippen molar-refractivity contribution in [2.75, 3.05) is 6.54 Å². The molecule has 2 N–H and O–H groups in total. The van der Waals surface area contributed by atoms with E-state index in [9.17, 15) is 9.59 Å². The minimum Gasteiger partial charge on any atom is -0.444 e. The third-order valence-electron chi connectivity index (χ3n) is 5.41. The number of aromatic nitrogens is 4. The third-order valence-corrected chi connectivity index (χ3v) is 5.41. The van der Waals surface area contributed by atoms with E-state index in [1.165, 1.54) is 0 Å². The Labute approximate surface area is 209 Å². The largest absolute Gasteiger partial charge is 0.444 e. The van der Waals surface area contributed by atoms with Crippen LogP contribution in [0.25, 0.3) is 22.4 Å². The number of fused-ring (bicyclic) bond motifs is 1. The summed E-state index contributed by atoms with van der Waals surface area (Å²) in [6.45, 7) is 5.58. The lowest BCUT2D eigenvalue weighted by Crippen LogP contribution is -2.49. The Balaban J connectivity index is 1.43. The zero-order valence-corrected chi connectivity index (χ0v) is 20.8. The molecule has 0 fully saturated rings. The van der Waals surface area contributed by atoms with Gasteiger partial charge < -0.3 is 24.5 Å². The normalized spacial score (nSPS) is 12.3. The summed E-state index contributed by atoms with van der Waals surface area (Å²) >= 11 is 0. The number of aryl methyl sites for hydroxylation is 1. The molecule has 0 aliphatic rings. The summed E-state index contributed by atoms with van der Waals surface area (Å²) in [4.78, 5) is 34.2. The van der Waals surface area contributed by atoms with E-state index >= 15 is 0 Å². The number of rotatable bonds is 8. The molecule has 0 spiro atoms. The maximum atomic E-state index is 13.1. The lowest BCUT2D eigenvalue weighted by Gasteiger charge is -2.23. The van der Waals surface area contributed by atoms with Crippen molar-refractivity contribution < 1.29 is 18.8 Å². The first-order chi connectivity index (χ1) is 17.2. The van der Waals surface area contributed by atoms with Crippen LogP contribution in [0, 0.1) is 0 Å². The van der Waals surface area contributed by atoms with Gasteiger partial charge in [0.25, 0.3) is 0 Å². The monoisotopic (exact) mass is 490 g/mol. The van der Waals surface area contributed by atoms with E-state index in [1.54, 1.807) is 39.1 Å². The Kier molecular flexibility index (Phi) is 7.33. The molecule has 0 aliphatic carbocycles. The molecule has 0 unspecified atom stereocenters. The molecule has 3 heterocycles. The molecule has 0 radical (unpaired) electrons. The highest BCUT2D eigenvalue weighted by Crippen LogP contribution is 2.22. The van der Waals surface area contributed by atoms with Crippen LogP contribution in [0.1, 0.15) is 32.2 Å². The molecule has 0 aliphatic heterocycles. The number of nitrogens with zero attached hydrogens (tertiary/aromatic N) is 4. The van der Waals surface area contributed by atoms with Gasteiger partial charge in [-0.25, -0.2) is 4.79 Å². The van der Waals surface area contributed by atoms with Crippen molar-refractivity contribution in [1.29, 1.82) is 0 Å². The lowest BCUT2D eigenvalue weighted by atomic mass is 10.0. The summed E-state index contributed by atoms with van der Waals surface area (Å²) in [6, 6.07) is 12.5. The molecular formula is C26H30N6O4. The molecule has 36 heavy (non-hydrogen) atoms. The molecule has 1 aromatic carbocycles. The van der Waals surface area contributed by atoms with Crippen LogP contribution in [-0.2, 0) is 29.4 Å². The van der Waals surface area contributed by atoms with Gasteiger partial charge in [-0.3, -0.25) is 9.78 Å². The van der Waals surface area contributed by atoms with Crippen molar-refractivity contribution in [2.45, 2.75) is 45.3 Å². The molecule has 188 valence electrons. The van der Waals surface area contributed by atoms with E-state index in [2.05, 4.69) is 25.8 Å². The van der Waals surface area contributed by atoms with Gasteiger partial charge in [-0.2, -0.15) is 4.98 Å². The number of pyridine rings is 1. The highest BCUT2D eigenvalue weighted by molar-refractivity contribution is 5.88. The second-order valence-corrected chi connectivity index (χ2v) is 9.45. The van der Waals surface area contributed by atoms with Crippen LogP contribution >= 0.6 is 0 Å². The average molecular weight is 491 g/mol. The summed E-state index contributed by atoms with van der Waals surface area (Å²) in [5, 5.41) is 10.6.